The molecule has 2 aromatic rings. The van der Waals surface area contributed by atoms with E-state index in [4.69, 9.17) is 4.74 Å². The molecule has 0 radical (unpaired) electrons. The predicted molar refractivity (Wildman–Crippen MR) is 123 cm³/mol. The van der Waals surface area contributed by atoms with E-state index >= 15 is 0 Å². The average molecular weight is 426 g/mol. The van der Waals surface area contributed by atoms with Gasteiger partial charge in [0, 0.05) is 43.5 Å². The van der Waals surface area contributed by atoms with Crippen molar-refractivity contribution in [3.63, 3.8) is 0 Å². The minimum Gasteiger partial charge on any atom is -0.497 e. The maximum absolute atomic E-state index is 12.5. The Labute approximate surface area is 183 Å². The van der Waals surface area contributed by atoms with Crippen LogP contribution in [0.15, 0.2) is 42.5 Å². The second-order valence-electron chi connectivity index (χ2n) is 7.88. The topological polar surface area (TPSA) is 82.1 Å². The summed E-state index contributed by atoms with van der Waals surface area (Å²) in [4.78, 5) is 29.0. The first-order chi connectivity index (χ1) is 14.9. The molecule has 2 N–H and O–H groups in total. The summed E-state index contributed by atoms with van der Waals surface area (Å²) < 4.78 is 5.11. The number of benzene rings is 2. The smallest absolute Gasteiger partial charge is 0.337 e. The summed E-state index contributed by atoms with van der Waals surface area (Å²) >= 11 is 0. The fourth-order valence-corrected chi connectivity index (χ4v) is 4.01. The molecule has 1 aliphatic rings. The predicted octanol–water partition coefficient (Wildman–Crippen LogP) is 3.96. The molecule has 7 heteroatoms. The molecule has 1 amide bonds. The van der Waals surface area contributed by atoms with Crippen LogP contribution in [0.25, 0.3) is 0 Å². The van der Waals surface area contributed by atoms with Crippen molar-refractivity contribution in [2.75, 3.05) is 43.5 Å². The summed E-state index contributed by atoms with van der Waals surface area (Å²) in [6.07, 6.45) is 2.33. The lowest BCUT2D eigenvalue weighted by Crippen LogP contribution is -2.49. The molecule has 0 saturated carbocycles. The highest BCUT2D eigenvalue weighted by molar-refractivity contribution is 6.05. The van der Waals surface area contributed by atoms with Crippen LogP contribution >= 0.6 is 0 Å². The van der Waals surface area contributed by atoms with Gasteiger partial charge in [-0.25, -0.2) is 4.79 Å². The van der Waals surface area contributed by atoms with Crippen molar-refractivity contribution in [1.82, 2.24) is 4.90 Å². The Hall–Kier alpha value is -3.06. The first kappa shape index (κ1) is 22.6. The van der Waals surface area contributed by atoms with Gasteiger partial charge in [0.05, 0.1) is 18.4 Å². The number of carboxylic acid groups (broad SMARTS) is 1. The number of methoxy groups -OCH3 is 1. The van der Waals surface area contributed by atoms with Gasteiger partial charge >= 0.3 is 5.97 Å². The van der Waals surface area contributed by atoms with E-state index in [9.17, 15) is 14.7 Å². The zero-order chi connectivity index (χ0) is 22.4. The van der Waals surface area contributed by atoms with Crippen LogP contribution in [-0.4, -0.2) is 61.2 Å². The van der Waals surface area contributed by atoms with E-state index in [1.54, 1.807) is 43.5 Å². The van der Waals surface area contributed by atoms with Crippen LogP contribution in [0.5, 0.6) is 5.75 Å². The molecule has 0 spiro atoms. The standard InChI is InChI=1S/C24H31N3O4/c1-4-5-17(2)26-12-14-27(15-13-26)22-11-8-19(16-21(22)24(29)30)25-23(28)18-6-9-20(31-3)10-7-18/h6-11,16-17H,4-5,12-15H2,1-3H3,(H,25,28)(H,29,30). The quantitative estimate of drug-likeness (QED) is 0.666. The molecule has 1 unspecified atom stereocenters. The number of amides is 1. The van der Waals surface area contributed by atoms with Gasteiger partial charge in [0.1, 0.15) is 5.75 Å². The van der Waals surface area contributed by atoms with Crippen LogP contribution < -0.4 is 15.0 Å². The summed E-state index contributed by atoms with van der Waals surface area (Å²) in [6, 6.07) is 12.4. The van der Waals surface area contributed by atoms with E-state index < -0.39 is 5.97 Å². The molecule has 31 heavy (non-hydrogen) atoms. The fourth-order valence-electron chi connectivity index (χ4n) is 4.01. The number of hydrogen-bond donors (Lipinski definition) is 2. The maximum Gasteiger partial charge on any atom is 0.337 e. The number of aromatic carboxylic acids is 1. The molecule has 166 valence electrons. The lowest BCUT2D eigenvalue weighted by Gasteiger charge is -2.39. The molecule has 1 fully saturated rings. The molecule has 7 nitrogen and oxygen atoms in total. The number of carbonyl (C=O) groups excluding carboxylic acids is 1. The summed E-state index contributed by atoms with van der Waals surface area (Å²) in [5.41, 5.74) is 1.82. The summed E-state index contributed by atoms with van der Waals surface area (Å²) in [5.74, 6) is -0.638. The average Bonchev–Trinajstić information content (AvgIpc) is 2.79. The van der Waals surface area contributed by atoms with E-state index in [1.165, 1.54) is 12.5 Å². The molecule has 2 aromatic carbocycles. The molecule has 1 atom stereocenters. The Morgan fingerprint density at radius 3 is 2.35 bits per heavy atom. The monoisotopic (exact) mass is 425 g/mol. The first-order valence-corrected chi connectivity index (χ1v) is 10.7. The lowest BCUT2D eigenvalue weighted by atomic mass is 10.1. The molecule has 0 aliphatic carbocycles. The number of hydrogen-bond acceptors (Lipinski definition) is 5. The van der Waals surface area contributed by atoms with E-state index in [2.05, 4.69) is 29.0 Å². The van der Waals surface area contributed by atoms with E-state index in [-0.39, 0.29) is 11.5 Å². The number of nitrogens with zero attached hydrogens (tertiary/aromatic N) is 2. The normalized spacial score (nSPS) is 15.4. The number of ether oxygens (including phenoxy) is 1. The van der Waals surface area contributed by atoms with Crippen molar-refractivity contribution in [3.8, 4) is 5.75 Å². The highest BCUT2D eigenvalue weighted by Gasteiger charge is 2.24. The fraction of sp³-hybridized carbons (Fsp3) is 0.417. The van der Waals surface area contributed by atoms with Gasteiger partial charge in [-0.05, 0) is 55.8 Å². The highest BCUT2D eigenvalue weighted by Crippen LogP contribution is 2.27. The molecule has 3 rings (SSSR count). The number of carbonyl (C=O) groups is 2. The molecule has 0 bridgehead atoms. The largest absolute Gasteiger partial charge is 0.497 e. The zero-order valence-electron chi connectivity index (χ0n) is 18.4. The maximum atomic E-state index is 12.5. The van der Waals surface area contributed by atoms with E-state index in [0.29, 0.717) is 28.7 Å². The molecule has 1 aliphatic heterocycles. The Balaban J connectivity index is 1.71. The van der Waals surface area contributed by atoms with Crippen LogP contribution in [0.2, 0.25) is 0 Å². The van der Waals surface area contributed by atoms with Gasteiger partial charge in [0.2, 0.25) is 0 Å². The van der Waals surface area contributed by atoms with Crippen LogP contribution in [-0.2, 0) is 0 Å². The van der Waals surface area contributed by atoms with Gasteiger partial charge in [-0.1, -0.05) is 13.3 Å². The van der Waals surface area contributed by atoms with Crippen molar-refractivity contribution >= 4 is 23.3 Å². The van der Waals surface area contributed by atoms with Gasteiger partial charge in [0.25, 0.3) is 5.91 Å². The van der Waals surface area contributed by atoms with E-state index in [1.807, 2.05) is 0 Å². The Kier molecular flexibility index (Phi) is 7.52. The number of piperazine rings is 1. The second kappa shape index (κ2) is 10.3. The van der Waals surface area contributed by atoms with Gasteiger partial charge in [-0.3, -0.25) is 9.69 Å². The minimum absolute atomic E-state index is 0.197. The van der Waals surface area contributed by atoms with Gasteiger partial charge < -0.3 is 20.1 Å². The summed E-state index contributed by atoms with van der Waals surface area (Å²) in [5, 5.41) is 12.6. The van der Waals surface area contributed by atoms with Crippen LogP contribution in [0, 0.1) is 0 Å². The third-order valence-corrected chi connectivity index (χ3v) is 5.82. The molecule has 1 saturated heterocycles. The molecule has 0 aromatic heterocycles. The molecular weight excluding hydrogens is 394 g/mol. The summed E-state index contributed by atoms with van der Waals surface area (Å²) in [6.45, 7) is 7.84. The number of rotatable bonds is 8. The van der Waals surface area contributed by atoms with E-state index in [0.717, 1.165) is 32.6 Å². The molecular formula is C24H31N3O4. The third-order valence-electron chi connectivity index (χ3n) is 5.82. The minimum atomic E-state index is -1.00. The van der Waals surface area contributed by atoms with Crippen molar-refractivity contribution in [2.45, 2.75) is 32.7 Å². The van der Waals surface area contributed by atoms with Gasteiger partial charge in [-0.15, -0.1) is 0 Å². The number of anilines is 2. The van der Waals surface area contributed by atoms with Gasteiger partial charge in [-0.2, -0.15) is 0 Å². The molecule has 1 heterocycles. The van der Waals surface area contributed by atoms with Gasteiger partial charge in [0.15, 0.2) is 0 Å². The zero-order valence-corrected chi connectivity index (χ0v) is 18.4. The lowest BCUT2D eigenvalue weighted by molar-refractivity contribution is 0.0697. The summed E-state index contributed by atoms with van der Waals surface area (Å²) in [7, 11) is 1.57. The number of carboxylic acids is 1. The van der Waals surface area contributed by atoms with Crippen LogP contribution in [0.1, 0.15) is 47.4 Å². The Bertz CT molecular complexity index is 906. The van der Waals surface area contributed by atoms with Crippen molar-refractivity contribution in [3.05, 3.63) is 53.6 Å². The van der Waals surface area contributed by atoms with Crippen molar-refractivity contribution in [1.29, 1.82) is 0 Å². The highest BCUT2D eigenvalue weighted by atomic mass is 16.5. The third kappa shape index (κ3) is 5.55. The number of nitrogens with one attached hydrogen (secondary N) is 1. The Morgan fingerprint density at radius 2 is 1.77 bits per heavy atom. The SMILES string of the molecule is CCCC(C)N1CCN(c2ccc(NC(=O)c3ccc(OC)cc3)cc2C(=O)O)CC1. The Morgan fingerprint density at radius 1 is 1.10 bits per heavy atom. The van der Waals surface area contributed by atoms with Crippen LogP contribution in [0.3, 0.4) is 0 Å². The second-order valence-corrected chi connectivity index (χ2v) is 7.88. The first-order valence-electron chi connectivity index (χ1n) is 10.7. The van der Waals surface area contributed by atoms with Crippen molar-refractivity contribution < 1.29 is 19.4 Å². The van der Waals surface area contributed by atoms with Crippen LogP contribution in [0.4, 0.5) is 11.4 Å². The van der Waals surface area contributed by atoms with Crippen molar-refractivity contribution in [2.24, 2.45) is 0 Å².